The molecule has 0 aliphatic rings. The molecule has 0 heterocycles. The summed E-state index contributed by atoms with van der Waals surface area (Å²) in [5.74, 6) is 0.281. The topological polar surface area (TPSA) is 35.5 Å². The maximum Gasteiger partial charge on any atom is 0.509 e. The SMILES string of the molecule is CCOC(=O)OCSc1ccccc1. The Morgan fingerprint density at radius 2 is 2.00 bits per heavy atom. The van der Waals surface area contributed by atoms with Gasteiger partial charge < -0.3 is 9.47 Å². The Balaban J connectivity index is 2.19. The normalized spacial score (nSPS) is 9.50. The average molecular weight is 212 g/mol. The van der Waals surface area contributed by atoms with Crippen LogP contribution in [-0.2, 0) is 9.47 Å². The van der Waals surface area contributed by atoms with Crippen molar-refractivity contribution in [3.8, 4) is 0 Å². The Morgan fingerprint density at radius 1 is 1.29 bits per heavy atom. The highest BCUT2D eigenvalue weighted by Gasteiger charge is 2.01. The van der Waals surface area contributed by atoms with E-state index in [1.165, 1.54) is 11.8 Å². The van der Waals surface area contributed by atoms with Crippen LogP contribution < -0.4 is 0 Å². The van der Waals surface area contributed by atoms with E-state index in [9.17, 15) is 4.79 Å². The van der Waals surface area contributed by atoms with Crippen molar-refractivity contribution in [3.63, 3.8) is 0 Å². The minimum absolute atomic E-state index is 0.281. The molecule has 1 aromatic rings. The van der Waals surface area contributed by atoms with Crippen molar-refractivity contribution in [1.82, 2.24) is 0 Å². The summed E-state index contributed by atoms with van der Waals surface area (Å²) < 4.78 is 9.39. The van der Waals surface area contributed by atoms with Crippen LogP contribution in [0.2, 0.25) is 0 Å². The van der Waals surface area contributed by atoms with E-state index in [1.54, 1.807) is 6.92 Å². The lowest BCUT2D eigenvalue weighted by Gasteiger charge is -2.03. The predicted octanol–water partition coefficient (Wildman–Crippen LogP) is 2.91. The van der Waals surface area contributed by atoms with E-state index in [1.807, 2.05) is 30.3 Å². The number of ether oxygens (including phenoxy) is 2. The highest BCUT2D eigenvalue weighted by Crippen LogP contribution is 2.16. The van der Waals surface area contributed by atoms with Crippen LogP contribution in [0.4, 0.5) is 4.79 Å². The zero-order chi connectivity index (χ0) is 10.2. The van der Waals surface area contributed by atoms with Gasteiger partial charge in [0.25, 0.3) is 0 Å². The van der Waals surface area contributed by atoms with Crippen molar-refractivity contribution in [2.75, 3.05) is 12.5 Å². The number of carbonyl (C=O) groups is 1. The molecule has 0 unspecified atom stereocenters. The molecule has 14 heavy (non-hydrogen) atoms. The van der Waals surface area contributed by atoms with Crippen molar-refractivity contribution in [3.05, 3.63) is 30.3 Å². The average Bonchev–Trinajstić information content (AvgIpc) is 2.20. The van der Waals surface area contributed by atoms with Gasteiger partial charge in [-0.15, -0.1) is 0 Å². The molecule has 0 radical (unpaired) electrons. The summed E-state index contributed by atoms with van der Waals surface area (Å²) in [7, 11) is 0. The molecule has 4 heteroatoms. The van der Waals surface area contributed by atoms with E-state index in [0.29, 0.717) is 6.61 Å². The molecule has 0 atom stereocenters. The fraction of sp³-hybridized carbons (Fsp3) is 0.300. The van der Waals surface area contributed by atoms with E-state index >= 15 is 0 Å². The smallest absolute Gasteiger partial charge is 0.435 e. The molecule has 76 valence electrons. The fourth-order valence-corrected chi connectivity index (χ4v) is 1.46. The van der Waals surface area contributed by atoms with Gasteiger partial charge in [0.05, 0.1) is 6.61 Å². The first-order chi connectivity index (χ1) is 6.83. The van der Waals surface area contributed by atoms with Gasteiger partial charge in [0, 0.05) is 4.90 Å². The highest BCUT2D eigenvalue weighted by atomic mass is 32.2. The second-order valence-corrected chi connectivity index (χ2v) is 3.40. The number of carbonyl (C=O) groups excluding carboxylic acids is 1. The second-order valence-electron chi connectivity index (χ2n) is 2.40. The summed E-state index contributed by atoms with van der Waals surface area (Å²) in [5.41, 5.74) is 0. The molecule has 0 N–H and O–H groups in total. The Hall–Kier alpha value is -1.16. The van der Waals surface area contributed by atoms with Crippen molar-refractivity contribution in [2.45, 2.75) is 11.8 Å². The number of benzene rings is 1. The summed E-state index contributed by atoms with van der Waals surface area (Å²) in [6.45, 7) is 2.08. The van der Waals surface area contributed by atoms with Crippen LogP contribution in [0.5, 0.6) is 0 Å². The molecule has 1 rings (SSSR count). The van der Waals surface area contributed by atoms with E-state index in [4.69, 9.17) is 4.74 Å². The van der Waals surface area contributed by atoms with Gasteiger partial charge in [-0.1, -0.05) is 30.0 Å². The van der Waals surface area contributed by atoms with Gasteiger partial charge in [-0.3, -0.25) is 0 Å². The van der Waals surface area contributed by atoms with Crippen LogP contribution in [0, 0.1) is 0 Å². The van der Waals surface area contributed by atoms with Gasteiger partial charge in [-0.05, 0) is 19.1 Å². The summed E-state index contributed by atoms with van der Waals surface area (Å²) >= 11 is 1.45. The third-order valence-electron chi connectivity index (χ3n) is 1.41. The highest BCUT2D eigenvalue weighted by molar-refractivity contribution is 7.99. The first kappa shape index (κ1) is 10.9. The van der Waals surface area contributed by atoms with Crippen LogP contribution in [0.25, 0.3) is 0 Å². The Morgan fingerprint density at radius 3 is 2.64 bits per heavy atom. The van der Waals surface area contributed by atoms with Crippen LogP contribution in [0.15, 0.2) is 35.2 Å². The number of hydrogen-bond donors (Lipinski definition) is 0. The molecule has 0 aliphatic heterocycles. The molecule has 1 aromatic carbocycles. The van der Waals surface area contributed by atoms with Gasteiger partial charge in [-0.25, -0.2) is 4.79 Å². The number of rotatable bonds is 4. The van der Waals surface area contributed by atoms with E-state index in [2.05, 4.69) is 4.74 Å². The molecule has 0 aliphatic carbocycles. The standard InChI is InChI=1S/C10H12O3S/c1-2-12-10(11)13-8-14-9-6-4-3-5-7-9/h3-7H,2,8H2,1H3. The summed E-state index contributed by atoms with van der Waals surface area (Å²) in [6.07, 6.45) is -0.615. The van der Waals surface area contributed by atoms with Gasteiger partial charge in [-0.2, -0.15) is 0 Å². The molecule has 0 aromatic heterocycles. The third-order valence-corrected chi connectivity index (χ3v) is 2.25. The van der Waals surface area contributed by atoms with Gasteiger partial charge >= 0.3 is 6.16 Å². The van der Waals surface area contributed by atoms with Crippen LogP contribution in [-0.4, -0.2) is 18.7 Å². The summed E-state index contributed by atoms with van der Waals surface area (Å²) in [6, 6.07) is 9.73. The molecule has 0 fully saturated rings. The lowest BCUT2D eigenvalue weighted by molar-refractivity contribution is 0.0730. The number of hydrogen-bond acceptors (Lipinski definition) is 4. The first-order valence-electron chi connectivity index (χ1n) is 4.30. The van der Waals surface area contributed by atoms with E-state index < -0.39 is 6.16 Å². The zero-order valence-corrected chi connectivity index (χ0v) is 8.75. The molecule has 0 saturated carbocycles. The van der Waals surface area contributed by atoms with Gasteiger partial charge in [0.2, 0.25) is 0 Å². The van der Waals surface area contributed by atoms with Gasteiger partial charge in [0.1, 0.15) is 5.94 Å². The van der Waals surface area contributed by atoms with Crippen molar-refractivity contribution in [2.24, 2.45) is 0 Å². The van der Waals surface area contributed by atoms with Crippen molar-refractivity contribution < 1.29 is 14.3 Å². The van der Waals surface area contributed by atoms with Crippen LogP contribution in [0.1, 0.15) is 6.92 Å². The summed E-state index contributed by atoms with van der Waals surface area (Å²) in [5, 5.41) is 0. The zero-order valence-electron chi connectivity index (χ0n) is 7.93. The maximum atomic E-state index is 10.8. The molecular formula is C10H12O3S. The molecule has 0 saturated heterocycles. The molecule has 0 amide bonds. The lowest BCUT2D eigenvalue weighted by atomic mass is 10.4. The molecular weight excluding hydrogens is 200 g/mol. The minimum Gasteiger partial charge on any atom is -0.435 e. The minimum atomic E-state index is -0.615. The predicted molar refractivity (Wildman–Crippen MR) is 55.3 cm³/mol. The number of thioether (sulfide) groups is 1. The third kappa shape index (κ3) is 4.18. The Labute approximate surface area is 87.4 Å². The summed E-state index contributed by atoms with van der Waals surface area (Å²) in [4.78, 5) is 11.8. The first-order valence-corrected chi connectivity index (χ1v) is 5.29. The largest absolute Gasteiger partial charge is 0.509 e. The lowest BCUT2D eigenvalue weighted by Crippen LogP contribution is -2.06. The van der Waals surface area contributed by atoms with Gasteiger partial charge in [0.15, 0.2) is 0 Å². The Kier molecular flexibility index (Phi) is 4.93. The van der Waals surface area contributed by atoms with Crippen LogP contribution >= 0.6 is 11.8 Å². The Bertz CT molecular complexity index is 274. The quantitative estimate of drug-likeness (QED) is 0.436. The van der Waals surface area contributed by atoms with E-state index in [-0.39, 0.29) is 5.94 Å². The fourth-order valence-electron chi connectivity index (χ4n) is 0.822. The monoisotopic (exact) mass is 212 g/mol. The molecule has 0 bridgehead atoms. The van der Waals surface area contributed by atoms with Crippen LogP contribution in [0.3, 0.4) is 0 Å². The second kappa shape index (κ2) is 6.32. The maximum absolute atomic E-state index is 10.8. The van der Waals surface area contributed by atoms with Crippen molar-refractivity contribution >= 4 is 17.9 Å². The molecule has 3 nitrogen and oxygen atoms in total. The van der Waals surface area contributed by atoms with Crippen molar-refractivity contribution in [1.29, 1.82) is 0 Å². The van der Waals surface area contributed by atoms with E-state index in [0.717, 1.165) is 4.90 Å². The molecule has 0 spiro atoms.